The normalized spacial score (nSPS) is 14.7. The first-order chi connectivity index (χ1) is 8.70. The number of nitrogens with zero attached hydrogens (tertiary/aromatic N) is 1. The van der Waals surface area contributed by atoms with Gasteiger partial charge in [-0.25, -0.2) is 4.98 Å². The second-order valence-corrected chi connectivity index (χ2v) is 5.05. The van der Waals surface area contributed by atoms with Crippen molar-refractivity contribution in [3.63, 3.8) is 0 Å². The Bertz CT molecular complexity index is 609. The Balaban J connectivity index is 1.87. The smallest absolute Gasteiger partial charge is 0.251 e. The molecule has 1 aromatic heterocycles. The summed E-state index contributed by atoms with van der Waals surface area (Å²) in [5.74, 6) is 1.29. The van der Waals surface area contributed by atoms with Crippen LogP contribution in [0.4, 0.5) is 0 Å². The molecule has 0 atom stereocenters. The average molecular weight is 240 g/mol. The summed E-state index contributed by atoms with van der Waals surface area (Å²) in [5.41, 5.74) is 3.35. The van der Waals surface area contributed by atoms with Gasteiger partial charge in [0.15, 0.2) is 0 Å². The first kappa shape index (κ1) is 11.2. The second-order valence-electron chi connectivity index (χ2n) is 5.05. The highest BCUT2D eigenvalue weighted by Gasteiger charge is 2.25. The number of hydrogen-bond donors (Lipinski definition) is 1. The van der Waals surface area contributed by atoms with Crippen LogP contribution in [0.5, 0.6) is 0 Å². The first-order valence-corrected chi connectivity index (χ1v) is 6.36. The topological polar surface area (TPSA) is 45.8 Å². The fourth-order valence-electron chi connectivity index (χ4n) is 2.10. The molecule has 0 unspecified atom stereocenters. The number of aromatic amines is 1. The maximum absolute atomic E-state index is 11.6. The lowest BCUT2D eigenvalue weighted by Gasteiger charge is -2.04. The van der Waals surface area contributed by atoms with Gasteiger partial charge in [0.2, 0.25) is 0 Å². The Labute approximate surface area is 106 Å². The zero-order valence-electron chi connectivity index (χ0n) is 10.4. The number of nitrogens with one attached hydrogen (secondary N) is 1. The molecule has 1 fully saturated rings. The molecule has 1 aromatic carbocycles. The van der Waals surface area contributed by atoms with E-state index in [9.17, 15) is 4.79 Å². The molecule has 0 bridgehead atoms. The summed E-state index contributed by atoms with van der Waals surface area (Å²) >= 11 is 0. The Morgan fingerprint density at radius 1 is 1.28 bits per heavy atom. The Morgan fingerprint density at radius 3 is 2.67 bits per heavy atom. The number of H-pyrrole nitrogens is 1. The van der Waals surface area contributed by atoms with Gasteiger partial charge in [0.1, 0.15) is 5.82 Å². The van der Waals surface area contributed by atoms with Crippen LogP contribution in [-0.2, 0) is 6.42 Å². The summed E-state index contributed by atoms with van der Waals surface area (Å²) in [5, 5.41) is 0. The van der Waals surface area contributed by atoms with E-state index in [4.69, 9.17) is 0 Å². The van der Waals surface area contributed by atoms with Crippen molar-refractivity contribution in [2.75, 3.05) is 0 Å². The molecule has 2 aromatic rings. The van der Waals surface area contributed by atoms with Crippen molar-refractivity contribution in [2.24, 2.45) is 0 Å². The molecule has 0 aliphatic heterocycles. The highest BCUT2D eigenvalue weighted by Crippen LogP contribution is 2.38. The fourth-order valence-corrected chi connectivity index (χ4v) is 2.10. The molecule has 3 rings (SSSR count). The molecular weight excluding hydrogens is 224 g/mol. The van der Waals surface area contributed by atoms with Crippen molar-refractivity contribution in [1.29, 1.82) is 0 Å². The summed E-state index contributed by atoms with van der Waals surface area (Å²) in [6, 6.07) is 9.96. The lowest BCUT2D eigenvalue weighted by Crippen LogP contribution is -2.12. The van der Waals surface area contributed by atoms with Gasteiger partial charge in [0, 0.05) is 18.4 Å². The molecule has 0 saturated heterocycles. The van der Waals surface area contributed by atoms with Gasteiger partial charge in [-0.3, -0.25) is 4.79 Å². The maximum atomic E-state index is 11.6. The minimum atomic E-state index is -0.0333. The van der Waals surface area contributed by atoms with Crippen LogP contribution >= 0.6 is 0 Å². The second kappa shape index (κ2) is 4.41. The van der Waals surface area contributed by atoms with Gasteiger partial charge in [0.05, 0.1) is 5.69 Å². The van der Waals surface area contributed by atoms with E-state index in [2.05, 4.69) is 41.2 Å². The number of hydrogen-bond acceptors (Lipinski definition) is 2. The van der Waals surface area contributed by atoms with E-state index in [1.54, 1.807) is 6.07 Å². The SMILES string of the molecule is Cc1ccc(Cc2nc(C3CC3)cc(=O)[nH]2)cc1. The highest BCUT2D eigenvalue weighted by molar-refractivity contribution is 5.24. The highest BCUT2D eigenvalue weighted by atomic mass is 16.1. The zero-order chi connectivity index (χ0) is 12.5. The predicted octanol–water partition coefficient (Wildman–Crippen LogP) is 2.55. The van der Waals surface area contributed by atoms with Crippen LogP contribution < -0.4 is 5.56 Å². The summed E-state index contributed by atoms with van der Waals surface area (Å²) in [7, 11) is 0. The number of aryl methyl sites for hydroxylation is 1. The third-order valence-electron chi connectivity index (χ3n) is 3.30. The quantitative estimate of drug-likeness (QED) is 0.896. The lowest BCUT2D eigenvalue weighted by atomic mass is 10.1. The van der Waals surface area contributed by atoms with Gasteiger partial charge in [0.25, 0.3) is 5.56 Å². The Kier molecular flexibility index (Phi) is 2.74. The minimum Gasteiger partial charge on any atom is -0.310 e. The van der Waals surface area contributed by atoms with E-state index in [0.717, 1.165) is 11.5 Å². The number of benzene rings is 1. The largest absolute Gasteiger partial charge is 0.310 e. The predicted molar refractivity (Wildman–Crippen MR) is 70.8 cm³/mol. The van der Waals surface area contributed by atoms with Crippen LogP contribution in [0.1, 0.15) is 41.4 Å². The molecule has 0 amide bonds. The van der Waals surface area contributed by atoms with Crippen LogP contribution in [0.3, 0.4) is 0 Å². The van der Waals surface area contributed by atoms with Crippen LogP contribution in [-0.4, -0.2) is 9.97 Å². The van der Waals surface area contributed by atoms with Gasteiger partial charge in [-0.1, -0.05) is 29.8 Å². The van der Waals surface area contributed by atoms with Crippen molar-refractivity contribution in [1.82, 2.24) is 9.97 Å². The Hall–Kier alpha value is -1.90. The summed E-state index contributed by atoms with van der Waals surface area (Å²) in [6.45, 7) is 2.07. The molecule has 1 heterocycles. The third kappa shape index (κ3) is 2.50. The van der Waals surface area contributed by atoms with E-state index in [-0.39, 0.29) is 5.56 Å². The molecule has 3 heteroatoms. The van der Waals surface area contributed by atoms with Crippen LogP contribution in [0.15, 0.2) is 35.1 Å². The van der Waals surface area contributed by atoms with Gasteiger partial charge in [-0.05, 0) is 25.3 Å². The summed E-state index contributed by atoms with van der Waals surface area (Å²) in [4.78, 5) is 19.0. The fraction of sp³-hybridized carbons (Fsp3) is 0.333. The molecule has 0 radical (unpaired) electrons. The molecule has 1 N–H and O–H groups in total. The van der Waals surface area contributed by atoms with Crippen LogP contribution in [0, 0.1) is 6.92 Å². The number of rotatable bonds is 3. The van der Waals surface area contributed by atoms with Crippen molar-refractivity contribution in [3.8, 4) is 0 Å². The molecule has 92 valence electrons. The number of aromatic nitrogens is 2. The maximum Gasteiger partial charge on any atom is 0.251 e. The van der Waals surface area contributed by atoms with Gasteiger partial charge < -0.3 is 4.98 Å². The van der Waals surface area contributed by atoms with Crippen molar-refractivity contribution in [3.05, 3.63) is 63.3 Å². The van der Waals surface area contributed by atoms with E-state index >= 15 is 0 Å². The van der Waals surface area contributed by atoms with Gasteiger partial charge >= 0.3 is 0 Å². The van der Waals surface area contributed by atoms with Crippen molar-refractivity contribution in [2.45, 2.75) is 32.1 Å². The van der Waals surface area contributed by atoms with E-state index in [1.165, 1.54) is 24.0 Å². The minimum absolute atomic E-state index is 0.0333. The summed E-state index contributed by atoms with van der Waals surface area (Å²) in [6.07, 6.45) is 3.02. The molecule has 3 nitrogen and oxygen atoms in total. The molecule has 18 heavy (non-hydrogen) atoms. The molecule has 0 spiro atoms. The Morgan fingerprint density at radius 2 is 2.00 bits per heavy atom. The molecule has 1 aliphatic rings. The van der Waals surface area contributed by atoms with E-state index in [0.29, 0.717) is 12.3 Å². The van der Waals surface area contributed by atoms with Gasteiger partial charge in [-0.15, -0.1) is 0 Å². The molecule has 1 saturated carbocycles. The van der Waals surface area contributed by atoms with Gasteiger partial charge in [-0.2, -0.15) is 0 Å². The zero-order valence-corrected chi connectivity index (χ0v) is 10.4. The van der Waals surface area contributed by atoms with Crippen molar-refractivity contribution >= 4 is 0 Å². The van der Waals surface area contributed by atoms with Crippen LogP contribution in [0.2, 0.25) is 0 Å². The molecular formula is C15H16N2O. The van der Waals surface area contributed by atoms with Crippen molar-refractivity contribution < 1.29 is 0 Å². The average Bonchev–Trinajstić information content (AvgIpc) is 3.15. The lowest BCUT2D eigenvalue weighted by molar-refractivity contribution is 0.882. The monoisotopic (exact) mass is 240 g/mol. The van der Waals surface area contributed by atoms with Crippen LogP contribution in [0.25, 0.3) is 0 Å². The standard InChI is InChI=1S/C15H16N2O/c1-10-2-4-11(5-3-10)8-14-16-13(12-6-7-12)9-15(18)17-14/h2-5,9,12H,6-8H2,1H3,(H,16,17,18). The van der Waals surface area contributed by atoms with E-state index in [1.807, 2.05) is 0 Å². The molecule has 1 aliphatic carbocycles. The first-order valence-electron chi connectivity index (χ1n) is 6.36. The van der Waals surface area contributed by atoms with E-state index < -0.39 is 0 Å². The third-order valence-corrected chi connectivity index (χ3v) is 3.30. The summed E-state index contributed by atoms with van der Waals surface area (Å²) < 4.78 is 0.